The average molecular weight is 412 g/mol. The maximum Gasteiger partial charge on any atom is 0.434 e. The number of rotatable bonds is 6. The van der Waals surface area contributed by atoms with Crippen molar-refractivity contribution in [2.45, 2.75) is 29.9 Å². The van der Waals surface area contributed by atoms with E-state index in [0.29, 0.717) is 11.3 Å². The van der Waals surface area contributed by atoms with Gasteiger partial charge in [0.1, 0.15) is 6.33 Å². The third-order valence-electron chi connectivity index (χ3n) is 3.77. The third kappa shape index (κ3) is 4.75. The van der Waals surface area contributed by atoms with Crippen molar-refractivity contribution in [3.05, 3.63) is 57.8 Å². The Labute approximate surface area is 161 Å². The fraction of sp³-hybridized carbons (Fsp3) is 0.294. The second-order valence-electron chi connectivity index (χ2n) is 5.87. The summed E-state index contributed by atoms with van der Waals surface area (Å²) in [6, 6.07) is 7.42. The summed E-state index contributed by atoms with van der Waals surface area (Å²) in [5, 5.41) is 9.45. The predicted octanol–water partition coefficient (Wildman–Crippen LogP) is 4.57. The van der Waals surface area contributed by atoms with Gasteiger partial charge in [-0.1, -0.05) is 36.0 Å². The number of ketones is 1. The van der Waals surface area contributed by atoms with E-state index < -0.39 is 17.7 Å². The van der Waals surface area contributed by atoms with Crippen LogP contribution in [0.1, 0.15) is 38.8 Å². The number of hydrogen-bond acceptors (Lipinski definition) is 6. The number of halogens is 3. The summed E-state index contributed by atoms with van der Waals surface area (Å²) in [7, 11) is 1.85. The van der Waals surface area contributed by atoms with E-state index in [2.05, 4.69) is 15.2 Å². The number of aromatic nitrogens is 4. The molecule has 0 unspecified atom stereocenters. The van der Waals surface area contributed by atoms with Crippen molar-refractivity contribution in [3.63, 3.8) is 0 Å². The first-order valence-electron chi connectivity index (χ1n) is 7.89. The Morgan fingerprint density at radius 2 is 2.15 bits per heavy atom. The number of thioether (sulfide) groups is 1. The lowest BCUT2D eigenvalue weighted by Crippen LogP contribution is -2.08. The van der Waals surface area contributed by atoms with Gasteiger partial charge in [0.25, 0.3) is 0 Å². The topological polar surface area (TPSA) is 60.7 Å². The molecule has 0 saturated carbocycles. The summed E-state index contributed by atoms with van der Waals surface area (Å²) >= 11 is 2.25. The predicted molar refractivity (Wildman–Crippen MR) is 96.9 cm³/mol. The quantitative estimate of drug-likeness (QED) is 0.438. The molecule has 0 fully saturated rings. The third-order valence-corrected chi connectivity index (χ3v) is 5.86. The van der Waals surface area contributed by atoms with Gasteiger partial charge in [-0.15, -0.1) is 21.5 Å². The van der Waals surface area contributed by atoms with E-state index in [-0.39, 0.29) is 16.7 Å². The van der Waals surface area contributed by atoms with Gasteiger partial charge in [0, 0.05) is 24.1 Å². The monoisotopic (exact) mass is 412 g/mol. The Morgan fingerprint density at radius 3 is 2.78 bits per heavy atom. The molecule has 3 aromatic rings. The fourth-order valence-corrected chi connectivity index (χ4v) is 4.03. The summed E-state index contributed by atoms with van der Waals surface area (Å²) in [5.41, 5.74) is 0.688. The maximum absolute atomic E-state index is 12.6. The number of nitrogens with zero attached hydrogens (tertiary/aromatic N) is 4. The molecular formula is C17H15F3N4OS2. The van der Waals surface area contributed by atoms with E-state index >= 15 is 0 Å². The summed E-state index contributed by atoms with van der Waals surface area (Å²) in [5.74, 6) is -0.429. The lowest BCUT2D eigenvalue weighted by Gasteiger charge is -2.12. The molecular weight excluding hydrogens is 397 g/mol. The molecule has 0 saturated heterocycles. The maximum atomic E-state index is 12.6. The lowest BCUT2D eigenvalue weighted by atomic mass is 10.0. The Kier molecular flexibility index (Phi) is 5.66. The Hall–Kier alpha value is -2.20. The molecule has 3 rings (SSSR count). The largest absolute Gasteiger partial charge is 0.434 e. The summed E-state index contributed by atoms with van der Waals surface area (Å²) in [6.45, 7) is 2.01. The number of hydrogen-bond donors (Lipinski definition) is 0. The number of alkyl halides is 3. The first-order valence-corrected chi connectivity index (χ1v) is 9.65. The van der Waals surface area contributed by atoms with Crippen LogP contribution < -0.4 is 0 Å². The summed E-state index contributed by atoms with van der Waals surface area (Å²) < 4.78 is 39.7. The van der Waals surface area contributed by atoms with E-state index in [1.165, 1.54) is 11.8 Å². The molecule has 0 amide bonds. The van der Waals surface area contributed by atoms with E-state index in [1.54, 1.807) is 12.4 Å². The molecule has 5 nitrogen and oxygen atoms in total. The zero-order valence-electron chi connectivity index (χ0n) is 14.4. The molecule has 0 aliphatic carbocycles. The first-order chi connectivity index (χ1) is 12.7. The van der Waals surface area contributed by atoms with Gasteiger partial charge in [-0.25, -0.2) is 4.98 Å². The minimum absolute atomic E-state index is 0.00000252. The summed E-state index contributed by atoms with van der Waals surface area (Å²) in [6.07, 6.45) is -2.92. The lowest BCUT2D eigenvalue weighted by molar-refractivity contribution is -0.140. The number of aryl methyl sites for hydroxylation is 1. The number of thiazole rings is 1. The van der Waals surface area contributed by atoms with Gasteiger partial charge in [-0.2, -0.15) is 13.2 Å². The Morgan fingerprint density at radius 1 is 1.37 bits per heavy atom. The number of Topliss-reactive ketones (excluding diaryl/α,β-unsaturated/α-hetero) is 1. The van der Waals surface area contributed by atoms with Gasteiger partial charge in [0.05, 0.1) is 0 Å². The summed E-state index contributed by atoms with van der Waals surface area (Å²) in [4.78, 5) is 15.7. The van der Waals surface area contributed by atoms with Crippen LogP contribution in [0.5, 0.6) is 0 Å². The number of benzene rings is 1. The van der Waals surface area contributed by atoms with Crippen molar-refractivity contribution in [3.8, 4) is 0 Å². The smallest absolute Gasteiger partial charge is 0.312 e. The number of carbonyl (C=O) groups excluding carboxylic acids is 1. The minimum Gasteiger partial charge on any atom is -0.312 e. The molecule has 27 heavy (non-hydrogen) atoms. The molecule has 0 spiro atoms. The molecule has 0 N–H and O–H groups in total. The minimum atomic E-state index is -4.54. The van der Waals surface area contributed by atoms with Crippen molar-refractivity contribution in [1.29, 1.82) is 0 Å². The molecule has 1 atom stereocenters. The van der Waals surface area contributed by atoms with Crippen LogP contribution in [0.3, 0.4) is 0 Å². The molecule has 2 heterocycles. The van der Waals surface area contributed by atoms with Crippen LogP contribution in [0, 0.1) is 0 Å². The molecule has 1 aromatic carbocycles. The molecule has 0 aliphatic heterocycles. The Balaban J connectivity index is 1.71. The van der Waals surface area contributed by atoms with Crippen molar-refractivity contribution in [2.24, 2.45) is 7.05 Å². The highest BCUT2D eigenvalue weighted by Crippen LogP contribution is 2.34. The SMILES string of the molecule is C[C@H](Sc1nncn1C)c1cccc(CC(=O)c2nc(C(F)(F)F)cs2)c1. The average Bonchev–Trinajstić information content (AvgIpc) is 3.25. The van der Waals surface area contributed by atoms with Gasteiger partial charge in [0.15, 0.2) is 21.6 Å². The van der Waals surface area contributed by atoms with Crippen LogP contribution in [0.15, 0.2) is 41.1 Å². The van der Waals surface area contributed by atoms with Gasteiger partial charge in [-0.3, -0.25) is 4.79 Å². The fourth-order valence-electron chi connectivity index (χ4n) is 2.35. The second-order valence-corrected chi connectivity index (χ2v) is 8.03. The standard InChI is InChI=1S/C17H15F3N4OS2/c1-10(27-16-23-21-9-24(16)2)12-5-3-4-11(6-12)7-13(25)15-22-14(8-26-15)17(18,19)20/h3-6,8-10H,7H2,1-2H3/t10-/m0/s1. The molecule has 0 aliphatic rings. The molecule has 2 aromatic heterocycles. The van der Waals surface area contributed by atoms with Crippen molar-refractivity contribution >= 4 is 28.9 Å². The molecule has 0 bridgehead atoms. The van der Waals surface area contributed by atoms with E-state index in [4.69, 9.17) is 0 Å². The second kappa shape index (κ2) is 7.81. The van der Waals surface area contributed by atoms with Crippen molar-refractivity contribution in [1.82, 2.24) is 19.7 Å². The highest BCUT2D eigenvalue weighted by Gasteiger charge is 2.34. The molecule has 10 heteroatoms. The highest BCUT2D eigenvalue weighted by atomic mass is 32.2. The van der Waals surface area contributed by atoms with Gasteiger partial charge >= 0.3 is 6.18 Å². The zero-order chi connectivity index (χ0) is 19.6. The Bertz CT molecular complexity index is 952. The van der Waals surface area contributed by atoms with Crippen LogP contribution >= 0.6 is 23.1 Å². The first kappa shape index (κ1) is 19.6. The molecule has 142 valence electrons. The van der Waals surface area contributed by atoms with Gasteiger partial charge in [-0.05, 0) is 18.1 Å². The van der Waals surface area contributed by atoms with Crippen LogP contribution in [0.4, 0.5) is 13.2 Å². The van der Waals surface area contributed by atoms with Crippen molar-refractivity contribution < 1.29 is 18.0 Å². The van der Waals surface area contributed by atoms with E-state index in [1.807, 2.05) is 36.7 Å². The van der Waals surface area contributed by atoms with Gasteiger partial charge in [0.2, 0.25) is 0 Å². The van der Waals surface area contributed by atoms with Crippen LogP contribution in [0.25, 0.3) is 0 Å². The molecule has 0 radical (unpaired) electrons. The van der Waals surface area contributed by atoms with E-state index in [9.17, 15) is 18.0 Å². The van der Waals surface area contributed by atoms with Gasteiger partial charge < -0.3 is 4.57 Å². The van der Waals surface area contributed by atoms with E-state index in [0.717, 1.165) is 21.7 Å². The highest BCUT2D eigenvalue weighted by molar-refractivity contribution is 7.99. The van der Waals surface area contributed by atoms with Crippen LogP contribution in [-0.4, -0.2) is 25.5 Å². The normalized spacial score (nSPS) is 12.9. The van der Waals surface area contributed by atoms with Crippen LogP contribution in [-0.2, 0) is 19.6 Å². The van der Waals surface area contributed by atoms with Crippen molar-refractivity contribution in [2.75, 3.05) is 0 Å². The van der Waals surface area contributed by atoms with Crippen LogP contribution in [0.2, 0.25) is 0 Å². The zero-order valence-corrected chi connectivity index (χ0v) is 16.0. The number of carbonyl (C=O) groups is 1.